The lowest BCUT2D eigenvalue weighted by molar-refractivity contribution is -0.170. The number of anilines is 1. The fraction of sp³-hybridized carbons (Fsp3) is 0.700. The highest BCUT2D eigenvalue weighted by atomic mass is 16.7. The molecule has 9 nitrogen and oxygen atoms in total. The van der Waals surface area contributed by atoms with E-state index in [-0.39, 0.29) is 30.4 Å². The van der Waals surface area contributed by atoms with Crippen molar-refractivity contribution in [3.05, 3.63) is 29.3 Å². The second kappa shape index (κ2) is 11.9. The zero-order valence-corrected chi connectivity index (χ0v) is 22.9. The van der Waals surface area contributed by atoms with Crippen LogP contribution in [0.4, 0.5) is 5.69 Å². The molecule has 6 rings (SSSR count). The predicted octanol–water partition coefficient (Wildman–Crippen LogP) is 2.92. The van der Waals surface area contributed by atoms with Crippen LogP contribution in [0.5, 0.6) is 0 Å². The second-order valence-electron chi connectivity index (χ2n) is 12.0. The topological polar surface area (TPSA) is 91.4 Å². The number of fused-ring (bicyclic) bond motifs is 1. The molecule has 2 atom stereocenters. The molecule has 212 valence electrons. The number of rotatable bonds is 7. The van der Waals surface area contributed by atoms with Gasteiger partial charge in [-0.15, -0.1) is 0 Å². The molecule has 1 aliphatic carbocycles. The Morgan fingerprint density at radius 1 is 0.923 bits per heavy atom. The van der Waals surface area contributed by atoms with Crippen LogP contribution >= 0.6 is 0 Å². The Bertz CT molecular complexity index is 1060. The van der Waals surface area contributed by atoms with Gasteiger partial charge < -0.3 is 19.3 Å². The first-order chi connectivity index (χ1) is 19.0. The molecule has 4 fully saturated rings. The maximum absolute atomic E-state index is 13.2. The molecule has 0 aromatic heterocycles. The number of imide groups is 1. The van der Waals surface area contributed by atoms with E-state index in [0.717, 1.165) is 69.4 Å². The van der Waals surface area contributed by atoms with E-state index in [9.17, 15) is 14.4 Å². The van der Waals surface area contributed by atoms with E-state index < -0.39 is 6.04 Å². The smallest absolute Gasteiger partial charge is 0.255 e. The quantitative estimate of drug-likeness (QED) is 0.534. The minimum atomic E-state index is -0.567. The monoisotopic (exact) mass is 538 g/mol. The Labute approximate surface area is 231 Å². The Balaban J connectivity index is 0.949. The van der Waals surface area contributed by atoms with E-state index in [2.05, 4.69) is 21.2 Å². The number of benzene rings is 1. The molecule has 4 aliphatic heterocycles. The number of hydrogen-bond donors (Lipinski definition) is 1. The van der Waals surface area contributed by atoms with Gasteiger partial charge in [-0.25, -0.2) is 0 Å². The highest BCUT2D eigenvalue weighted by Gasteiger charge is 2.39. The van der Waals surface area contributed by atoms with E-state index >= 15 is 0 Å². The van der Waals surface area contributed by atoms with E-state index in [1.165, 1.54) is 38.6 Å². The van der Waals surface area contributed by atoms with Crippen LogP contribution in [0.25, 0.3) is 0 Å². The zero-order chi connectivity index (χ0) is 26.8. The Hall–Kier alpha value is -2.49. The lowest BCUT2D eigenvalue weighted by Crippen LogP contribution is -2.52. The van der Waals surface area contributed by atoms with Crippen LogP contribution in [0, 0.1) is 11.8 Å². The molecule has 5 aliphatic rings. The molecule has 0 radical (unpaired) electrons. The predicted molar refractivity (Wildman–Crippen MR) is 146 cm³/mol. The molecule has 39 heavy (non-hydrogen) atoms. The van der Waals surface area contributed by atoms with Gasteiger partial charge in [0.25, 0.3) is 5.91 Å². The maximum Gasteiger partial charge on any atom is 0.255 e. The molecular formula is C30H42N4O5. The number of nitrogens with one attached hydrogen (secondary N) is 1. The number of hydrogen-bond acceptors (Lipinski definition) is 7. The van der Waals surface area contributed by atoms with Crippen molar-refractivity contribution in [3.8, 4) is 0 Å². The van der Waals surface area contributed by atoms with Crippen molar-refractivity contribution in [2.24, 2.45) is 11.8 Å². The van der Waals surface area contributed by atoms with Gasteiger partial charge >= 0.3 is 0 Å². The van der Waals surface area contributed by atoms with Gasteiger partial charge in [-0.05, 0) is 80.9 Å². The number of nitrogens with zero attached hydrogens (tertiary/aromatic N) is 3. The summed E-state index contributed by atoms with van der Waals surface area (Å²) in [7, 11) is 0. The molecule has 0 spiro atoms. The average Bonchev–Trinajstić information content (AvgIpc) is 3.29. The zero-order valence-electron chi connectivity index (χ0n) is 22.9. The van der Waals surface area contributed by atoms with E-state index in [1.54, 1.807) is 4.90 Å². The molecular weight excluding hydrogens is 496 g/mol. The van der Waals surface area contributed by atoms with Gasteiger partial charge in [0.2, 0.25) is 11.8 Å². The number of piperidine rings is 1. The molecule has 0 bridgehead atoms. The summed E-state index contributed by atoms with van der Waals surface area (Å²) >= 11 is 0. The standard InChI is InChI=1S/C30H42N4O5/c35-27-11-10-26(29(36)31-27)34-19-23-8-9-24(17-25(23)30(34)37)33-14-12-32(13-15-33)18-21-4-6-22(7-5-21)20-39-28-3-1-2-16-38-28/h8-9,17,21-22,26,28H,1-7,10-16,18-20H2,(H,31,35,36). The van der Waals surface area contributed by atoms with E-state index in [1.807, 2.05) is 12.1 Å². The Kier molecular flexibility index (Phi) is 8.18. The third-order valence-electron chi connectivity index (χ3n) is 9.39. The third kappa shape index (κ3) is 6.15. The van der Waals surface area contributed by atoms with E-state index in [4.69, 9.17) is 9.47 Å². The summed E-state index contributed by atoms with van der Waals surface area (Å²) in [4.78, 5) is 43.7. The van der Waals surface area contributed by atoms with Crippen molar-refractivity contribution in [1.29, 1.82) is 0 Å². The van der Waals surface area contributed by atoms with Crippen molar-refractivity contribution >= 4 is 23.4 Å². The summed E-state index contributed by atoms with van der Waals surface area (Å²) in [5, 5.41) is 2.38. The summed E-state index contributed by atoms with van der Waals surface area (Å²) in [6.07, 6.45) is 9.22. The van der Waals surface area contributed by atoms with Crippen molar-refractivity contribution in [1.82, 2.24) is 15.1 Å². The van der Waals surface area contributed by atoms with Crippen molar-refractivity contribution in [2.75, 3.05) is 50.8 Å². The van der Waals surface area contributed by atoms with Gasteiger partial charge in [0.1, 0.15) is 6.04 Å². The molecule has 1 N–H and O–H groups in total. The minimum absolute atomic E-state index is 0.0286. The lowest BCUT2D eigenvalue weighted by Gasteiger charge is -2.39. The average molecular weight is 539 g/mol. The second-order valence-corrected chi connectivity index (χ2v) is 12.0. The third-order valence-corrected chi connectivity index (χ3v) is 9.39. The summed E-state index contributed by atoms with van der Waals surface area (Å²) < 4.78 is 11.8. The molecule has 4 heterocycles. The summed E-state index contributed by atoms with van der Waals surface area (Å²) in [5.41, 5.74) is 2.73. The van der Waals surface area contributed by atoms with Crippen LogP contribution in [0.15, 0.2) is 18.2 Å². The van der Waals surface area contributed by atoms with Gasteiger partial charge in [-0.2, -0.15) is 0 Å². The molecule has 1 saturated carbocycles. The first-order valence-corrected chi connectivity index (χ1v) is 15.0. The SMILES string of the molecule is O=C1CCC(N2Cc3ccc(N4CCN(CC5CCC(COC6CCCCO6)CC5)CC4)cc3C2=O)C(=O)N1. The van der Waals surface area contributed by atoms with Crippen LogP contribution in [0.3, 0.4) is 0 Å². The van der Waals surface area contributed by atoms with Gasteiger partial charge in [0.15, 0.2) is 6.29 Å². The van der Waals surface area contributed by atoms with Crippen molar-refractivity contribution < 1.29 is 23.9 Å². The number of carbonyl (C=O) groups is 3. The minimum Gasteiger partial charge on any atom is -0.369 e. The number of amides is 3. The normalized spacial score (nSPS) is 30.4. The molecule has 2 unspecified atom stereocenters. The summed E-state index contributed by atoms with van der Waals surface area (Å²) in [5.74, 6) is 0.725. The van der Waals surface area contributed by atoms with Gasteiger partial charge in [0.05, 0.1) is 6.61 Å². The highest BCUT2D eigenvalue weighted by molar-refractivity contribution is 6.05. The Morgan fingerprint density at radius 3 is 2.46 bits per heavy atom. The first kappa shape index (κ1) is 26.7. The Morgan fingerprint density at radius 2 is 1.72 bits per heavy atom. The maximum atomic E-state index is 13.2. The molecule has 1 aromatic carbocycles. The molecule has 9 heteroatoms. The fourth-order valence-electron chi connectivity index (χ4n) is 6.96. The van der Waals surface area contributed by atoms with Crippen LogP contribution in [-0.4, -0.2) is 85.8 Å². The lowest BCUT2D eigenvalue weighted by atomic mass is 9.82. The first-order valence-electron chi connectivity index (χ1n) is 15.0. The van der Waals surface area contributed by atoms with Crippen LogP contribution in [-0.2, 0) is 25.6 Å². The van der Waals surface area contributed by atoms with Crippen LogP contribution in [0.1, 0.15) is 73.7 Å². The summed E-state index contributed by atoms with van der Waals surface area (Å²) in [6, 6.07) is 5.57. The van der Waals surface area contributed by atoms with Crippen molar-refractivity contribution in [2.45, 2.75) is 76.7 Å². The highest BCUT2D eigenvalue weighted by Crippen LogP contribution is 2.33. The number of piperazine rings is 1. The molecule has 3 amide bonds. The largest absolute Gasteiger partial charge is 0.369 e. The van der Waals surface area contributed by atoms with Crippen LogP contribution < -0.4 is 10.2 Å². The van der Waals surface area contributed by atoms with E-state index in [0.29, 0.717) is 24.4 Å². The summed E-state index contributed by atoms with van der Waals surface area (Å²) in [6.45, 7) is 7.28. The van der Waals surface area contributed by atoms with Crippen molar-refractivity contribution in [3.63, 3.8) is 0 Å². The number of carbonyl (C=O) groups excluding carboxylic acids is 3. The number of ether oxygens (including phenoxy) is 2. The van der Waals surface area contributed by atoms with Crippen LogP contribution in [0.2, 0.25) is 0 Å². The molecule has 3 saturated heterocycles. The fourth-order valence-corrected chi connectivity index (χ4v) is 6.96. The molecule has 1 aromatic rings. The van der Waals surface area contributed by atoms with Gasteiger partial charge in [0, 0.05) is 63.5 Å². The van der Waals surface area contributed by atoms with Gasteiger partial charge in [-0.1, -0.05) is 6.07 Å². The van der Waals surface area contributed by atoms with Gasteiger partial charge in [-0.3, -0.25) is 24.6 Å².